The number of fused-ring (bicyclic) bond motifs is 1. The molecule has 0 spiro atoms. The first-order chi connectivity index (χ1) is 12.5. The predicted molar refractivity (Wildman–Crippen MR) is 102 cm³/mol. The highest BCUT2D eigenvalue weighted by Gasteiger charge is 2.21. The van der Waals surface area contributed by atoms with Crippen molar-refractivity contribution in [3.05, 3.63) is 33.7 Å². The van der Waals surface area contributed by atoms with E-state index in [1.165, 1.54) is 23.1 Å². The van der Waals surface area contributed by atoms with Crippen molar-refractivity contribution in [2.45, 2.75) is 13.0 Å². The van der Waals surface area contributed by atoms with Gasteiger partial charge in [0.15, 0.2) is 4.96 Å². The van der Waals surface area contributed by atoms with Crippen LogP contribution in [0.2, 0.25) is 0 Å². The number of piperazine rings is 1. The van der Waals surface area contributed by atoms with Gasteiger partial charge < -0.3 is 10.6 Å². The maximum atomic E-state index is 12.2. The Morgan fingerprint density at radius 1 is 1.27 bits per heavy atom. The molecule has 3 heterocycles. The zero-order valence-corrected chi connectivity index (χ0v) is 15.9. The van der Waals surface area contributed by atoms with Gasteiger partial charge in [-0.1, -0.05) is 0 Å². The van der Waals surface area contributed by atoms with Gasteiger partial charge in [-0.05, 0) is 0 Å². The molecule has 140 valence electrons. The van der Waals surface area contributed by atoms with E-state index in [-0.39, 0.29) is 23.1 Å². The normalized spacial score (nSPS) is 15.5. The van der Waals surface area contributed by atoms with Gasteiger partial charge in [-0.15, -0.1) is 11.3 Å². The Bertz CT molecular complexity index is 842. The van der Waals surface area contributed by atoms with Crippen LogP contribution in [-0.4, -0.2) is 68.7 Å². The second-order valence-corrected chi connectivity index (χ2v) is 8.05. The number of hydrogen-bond donors (Lipinski definition) is 1. The molecule has 26 heavy (non-hydrogen) atoms. The minimum Gasteiger partial charge on any atom is -0.369 e. The van der Waals surface area contributed by atoms with Gasteiger partial charge in [0, 0.05) is 62.5 Å². The van der Waals surface area contributed by atoms with Crippen LogP contribution < -0.4 is 11.3 Å². The highest BCUT2D eigenvalue weighted by atomic mass is 32.2. The van der Waals surface area contributed by atoms with Crippen molar-refractivity contribution in [3.63, 3.8) is 0 Å². The summed E-state index contributed by atoms with van der Waals surface area (Å²) in [7, 11) is 0. The predicted octanol–water partition coefficient (Wildman–Crippen LogP) is 0.00880. The quantitative estimate of drug-likeness (QED) is 0.663. The summed E-state index contributed by atoms with van der Waals surface area (Å²) in [5, 5.41) is 1.85. The second-order valence-electron chi connectivity index (χ2n) is 6.07. The molecule has 0 bridgehead atoms. The number of aromatic nitrogens is 2. The Morgan fingerprint density at radius 2 is 2.04 bits per heavy atom. The lowest BCUT2D eigenvalue weighted by Crippen LogP contribution is -2.48. The van der Waals surface area contributed by atoms with E-state index in [1.807, 2.05) is 10.3 Å². The second kappa shape index (κ2) is 8.65. The Labute approximate surface area is 159 Å². The van der Waals surface area contributed by atoms with Crippen molar-refractivity contribution in [1.29, 1.82) is 0 Å². The molecule has 0 atom stereocenters. The lowest BCUT2D eigenvalue weighted by Gasteiger charge is -2.34. The lowest BCUT2D eigenvalue weighted by atomic mass is 10.2. The van der Waals surface area contributed by atoms with Crippen molar-refractivity contribution >= 4 is 39.9 Å². The summed E-state index contributed by atoms with van der Waals surface area (Å²) in [6.45, 7) is 3.45. The van der Waals surface area contributed by atoms with Crippen molar-refractivity contribution in [2.75, 3.05) is 37.7 Å². The van der Waals surface area contributed by atoms with Gasteiger partial charge in [0.25, 0.3) is 5.56 Å². The number of carbonyl (C=O) groups excluding carboxylic acids is 2. The summed E-state index contributed by atoms with van der Waals surface area (Å²) in [4.78, 5) is 44.2. The molecule has 2 amide bonds. The van der Waals surface area contributed by atoms with Crippen LogP contribution in [0.3, 0.4) is 0 Å². The minimum absolute atomic E-state index is 0.0616. The molecular weight excluding hydrogens is 374 g/mol. The van der Waals surface area contributed by atoms with E-state index in [2.05, 4.69) is 9.88 Å². The number of rotatable bonds is 7. The van der Waals surface area contributed by atoms with E-state index < -0.39 is 0 Å². The van der Waals surface area contributed by atoms with Crippen LogP contribution in [0.4, 0.5) is 0 Å². The third kappa shape index (κ3) is 4.83. The van der Waals surface area contributed by atoms with E-state index >= 15 is 0 Å². The average molecular weight is 396 g/mol. The van der Waals surface area contributed by atoms with Crippen LogP contribution in [0.25, 0.3) is 4.96 Å². The zero-order chi connectivity index (χ0) is 18.5. The summed E-state index contributed by atoms with van der Waals surface area (Å²) in [5.41, 5.74) is 5.78. The molecule has 0 aromatic carbocycles. The van der Waals surface area contributed by atoms with E-state index in [9.17, 15) is 14.4 Å². The molecule has 8 nitrogen and oxygen atoms in total. The third-order valence-electron chi connectivity index (χ3n) is 4.17. The third-order valence-corrected chi connectivity index (χ3v) is 5.91. The fourth-order valence-electron chi connectivity index (χ4n) is 2.84. The molecule has 1 fully saturated rings. The number of carbonyl (C=O) groups is 2. The molecule has 10 heteroatoms. The van der Waals surface area contributed by atoms with Crippen molar-refractivity contribution in [2.24, 2.45) is 5.73 Å². The molecule has 0 radical (unpaired) electrons. The summed E-state index contributed by atoms with van der Waals surface area (Å²) in [5.74, 6) is 0.613. The number of nitrogens with two attached hydrogens (primary N) is 1. The number of hydrogen-bond acceptors (Lipinski definition) is 7. The number of primary amides is 1. The molecule has 0 aliphatic carbocycles. The maximum Gasteiger partial charge on any atom is 0.258 e. The number of amides is 2. The van der Waals surface area contributed by atoms with Gasteiger partial charge in [-0.3, -0.25) is 23.7 Å². The highest BCUT2D eigenvalue weighted by molar-refractivity contribution is 7.99. The first kappa shape index (κ1) is 18.9. The topological polar surface area (TPSA) is 101 Å². The molecule has 2 aromatic rings. The van der Waals surface area contributed by atoms with Gasteiger partial charge in [-0.2, -0.15) is 11.8 Å². The molecule has 0 saturated carbocycles. The van der Waals surface area contributed by atoms with Gasteiger partial charge in [0.05, 0.1) is 11.4 Å². The SMILES string of the molecule is NC(=O)CSCCC(=O)N1CCN(Cc2cc(=O)n3ccsc3n2)CC1. The van der Waals surface area contributed by atoms with Gasteiger partial charge in [0.2, 0.25) is 11.8 Å². The molecule has 1 aliphatic heterocycles. The maximum absolute atomic E-state index is 12.2. The van der Waals surface area contributed by atoms with Crippen molar-refractivity contribution in [3.8, 4) is 0 Å². The number of nitrogens with zero attached hydrogens (tertiary/aromatic N) is 4. The molecule has 3 rings (SSSR count). The summed E-state index contributed by atoms with van der Waals surface area (Å²) in [6.07, 6.45) is 2.15. The van der Waals surface area contributed by atoms with Gasteiger partial charge in [-0.25, -0.2) is 4.98 Å². The zero-order valence-electron chi connectivity index (χ0n) is 14.3. The van der Waals surface area contributed by atoms with Crippen LogP contribution in [0, 0.1) is 0 Å². The Balaban J connectivity index is 1.46. The van der Waals surface area contributed by atoms with Crippen LogP contribution >= 0.6 is 23.1 Å². The Kier molecular flexibility index (Phi) is 6.28. The smallest absolute Gasteiger partial charge is 0.258 e. The Hall–Kier alpha value is -1.91. The van der Waals surface area contributed by atoms with E-state index in [0.717, 1.165) is 18.8 Å². The molecule has 1 aliphatic rings. The van der Waals surface area contributed by atoms with E-state index in [4.69, 9.17) is 5.73 Å². The molecular formula is C16H21N5O3S2. The molecule has 0 unspecified atom stereocenters. The summed E-state index contributed by atoms with van der Waals surface area (Å²) < 4.78 is 1.54. The van der Waals surface area contributed by atoms with Gasteiger partial charge in [0.1, 0.15) is 0 Å². The summed E-state index contributed by atoms with van der Waals surface area (Å²) >= 11 is 2.83. The monoisotopic (exact) mass is 395 g/mol. The first-order valence-corrected chi connectivity index (χ1v) is 10.4. The highest BCUT2D eigenvalue weighted by Crippen LogP contribution is 2.11. The van der Waals surface area contributed by atoms with Crippen LogP contribution in [0.5, 0.6) is 0 Å². The van der Waals surface area contributed by atoms with Crippen molar-refractivity contribution in [1.82, 2.24) is 19.2 Å². The summed E-state index contributed by atoms with van der Waals surface area (Å²) in [6, 6.07) is 1.58. The lowest BCUT2D eigenvalue weighted by molar-refractivity contribution is -0.132. The fourth-order valence-corrected chi connectivity index (χ4v) is 4.25. The largest absolute Gasteiger partial charge is 0.369 e. The first-order valence-electron chi connectivity index (χ1n) is 8.35. The van der Waals surface area contributed by atoms with Crippen LogP contribution in [0.1, 0.15) is 12.1 Å². The fraction of sp³-hybridized carbons (Fsp3) is 0.500. The molecule has 1 saturated heterocycles. The standard InChI is InChI=1S/C16H21N5O3S2/c17-13(22)11-25-7-1-14(23)20-4-2-19(3-5-20)10-12-9-15(24)21-6-8-26-16(21)18-12/h6,8-9H,1-5,7,10-11H2,(H2,17,22). The van der Waals surface area contributed by atoms with E-state index in [0.29, 0.717) is 36.8 Å². The average Bonchev–Trinajstić information content (AvgIpc) is 3.08. The number of thiazole rings is 1. The Morgan fingerprint density at radius 3 is 2.77 bits per heavy atom. The van der Waals surface area contributed by atoms with Crippen molar-refractivity contribution < 1.29 is 9.59 Å². The molecule has 2 aromatic heterocycles. The molecule has 2 N–H and O–H groups in total. The van der Waals surface area contributed by atoms with Crippen LogP contribution in [0.15, 0.2) is 22.4 Å². The minimum atomic E-state index is -0.356. The van der Waals surface area contributed by atoms with E-state index in [1.54, 1.807) is 16.7 Å². The van der Waals surface area contributed by atoms with Crippen LogP contribution in [-0.2, 0) is 16.1 Å². The number of thioether (sulfide) groups is 1. The van der Waals surface area contributed by atoms with Gasteiger partial charge >= 0.3 is 0 Å².